The van der Waals surface area contributed by atoms with Crippen LogP contribution in [0, 0.1) is 12.7 Å². The highest BCUT2D eigenvalue weighted by Crippen LogP contribution is 2.28. The summed E-state index contributed by atoms with van der Waals surface area (Å²) in [5.74, 6) is -0.313. The molecule has 1 heterocycles. The lowest BCUT2D eigenvalue weighted by atomic mass is 10.0. The number of aliphatic hydroxyl groups excluding tert-OH is 1. The van der Waals surface area contributed by atoms with Gasteiger partial charge in [0.15, 0.2) is 0 Å². The smallest absolute Gasteiger partial charge is 0.132 e. The Balaban J connectivity index is 2.35. The van der Waals surface area contributed by atoms with Crippen LogP contribution >= 0.6 is 0 Å². The van der Waals surface area contributed by atoms with Gasteiger partial charge in [0, 0.05) is 16.5 Å². The molecule has 0 aliphatic carbocycles. The molecule has 100 valence electrons. The van der Waals surface area contributed by atoms with Crippen molar-refractivity contribution >= 4 is 10.9 Å². The largest absolute Gasteiger partial charge is 0.392 e. The van der Waals surface area contributed by atoms with Gasteiger partial charge in [0.25, 0.3) is 0 Å². The molecule has 0 unspecified atom stereocenters. The summed E-state index contributed by atoms with van der Waals surface area (Å²) in [4.78, 5) is 4.58. The van der Waals surface area contributed by atoms with Crippen molar-refractivity contribution in [3.8, 4) is 11.3 Å². The van der Waals surface area contributed by atoms with E-state index in [1.165, 1.54) is 6.07 Å². The lowest BCUT2D eigenvalue weighted by Crippen LogP contribution is -1.97. The number of rotatable bonds is 2. The van der Waals surface area contributed by atoms with Crippen molar-refractivity contribution in [2.24, 2.45) is 0 Å². The second kappa shape index (κ2) is 5.02. The molecule has 3 heteroatoms. The normalized spacial score (nSPS) is 10.9. The number of fused-ring (bicyclic) bond motifs is 1. The third kappa shape index (κ3) is 2.06. The minimum absolute atomic E-state index is 0.166. The van der Waals surface area contributed by atoms with E-state index >= 15 is 0 Å². The number of nitrogens with zero attached hydrogens (tertiary/aromatic N) is 1. The number of aromatic nitrogens is 1. The predicted molar refractivity (Wildman–Crippen MR) is 77.8 cm³/mol. The first-order valence-electron chi connectivity index (χ1n) is 6.45. The lowest BCUT2D eigenvalue weighted by Gasteiger charge is -2.11. The van der Waals surface area contributed by atoms with Gasteiger partial charge in [-0.1, -0.05) is 36.4 Å². The fraction of sp³-hybridized carbons (Fsp3) is 0.118. The van der Waals surface area contributed by atoms with E-state index in [0.29, 0.717) is 22.2 Å². The second-order valence-corrected chi connectivity index (χ2v) is 4.78. The molecular formula is C17H14FNO. The minimum Gasteiger partial charge on any atom is -0.392 e. The molecule has 2 nitrogen and oxygen atoms in total. The standard InChI is InChI=1S/C17H14FNO/c1-11-7-8-15(18)14-9-13(10-20)17(19-16(11)14)12-5-3-2-4-6-12/h2-9,20H,10H2,1H3. The monoisotopic (exact) mass is 267 g/mol. The van der Waals surface area contributed by atoms with E-state index in [1.54, 1.807) is 12.1 Å². The maximum absolute atomic E-state index is 13.9. The van der Waals surface area contributed by atoms with Gasteiger partial charge >= 0.3 is 0 Å². The number of aliphatic hydroxyl groups is 1. The van der Waals surface area contributed by atoms with Crippen LogP contribution in [-0.4, -0.2) is 10.1 Å². The van der Waals surface area contributed by atoms with E-state index in [9.17, 15) is 9.50 Å². The van der Waals surface area contributed by atoms with Crippen LogP contribution in [0.4, 0.5) is 4.39 Å². The van der Waals surface area contributed by atoms with E-state index in [0.717, 1.165) is 11.1 Å². The Bertz CT molecular complexity index is 769. The third-order valence-corrected chi connectivity index (χ3v) is 3.43. The molecule has 0 amide bonds. The molecule has 0 radical (unpaired) electrons. The Morgan fingerprint density at radius 1 is 1.10 bits per heavy atom. The van der Waals surface area contributed by atoms with Crippen molar-refractivity contribution in [3.05, 3.63) is 65.5 Å². The number of hydrogen-bond acceptors (Lipinski definition) is 2. The van der Waals surface area contributed by atoms with Crippen molar-refractivity contribution in [2.45, 2.75) is 13.5 Å². The van der Waals surface area contributed by atoms with Crippen LogP contribution in [-0.2, 0) is 6.61 Å². The molecule has 0 fully saturated rings. The SMILES string of the molecule is Cc1ccc(F)c2cc(CO)c(-c3ccccc3)nc12. The van der Waals surface area contributed by atoms with E-state index in [2.05, 4.69) is 4.98 Å². The Morgan fingerprint density at radius 3 is 2.55 bits per heavy atom. The van der Waals surface area contributed by atoms with Crippen molar-refractivity contribution in [3.63, 3.8) is 0 Å². The summed E-state index contributed by atoms with van der Waals surface area (Å²) >= 11 is 0. The summed E-state index contributed by atoms with van der Waals surface area (Å²) in [7, 11) is 0. The molecule has 0 aliphatic rings. The van der Waals surface area contributed by atoms with Crippen LogP contribution < -0.4 is 0 Å². The Labute approximate surface area is 116 Å². The highest BCUT2D eigenvalue weighted by Gasteiger charge is 2.12. The maximum Gasteiger partial charge on any atom is 0.132 e. The molecule has 0 atom stereocenters. The zero-order chi connectivity index (χ0) is 14.1. The maximum atomic E-state index is 13.9. The first-order valence-corrected chi connectivity index (χ1v) is 6.45. The number of benzene rings is 2. The van der Waals surface area contributed by atoms with Gasteiger partial charge in [-0.2, -0.15) is 0 Å². The molecule has 0 saturated heterocycles. The Hall–Kier alpha value is -2.26. The van der Waals surface area contributed by atoms with E-state index in [1.807, 2.05) is 37.3 Å². The topological polar surface area (TPSA) is 33.1 Å². The van der Waals surface area contributed by atoms with Crippen LogP contribution in [0.5, 0.6) is 0 Å². The first-order chi connectivity index (χ1) is 9.70. The average Bonchev–Trinajstić information content (AvgIpc) is 2.51. The van der Waals surface area contributed by atoms with Crippen LogP contribution in [0.15, 0.2) is 48.5 Å². The van der Waals surface area contributed by atoms with Crippen LogP contribution in [0.25, 0.3) is 22.2 Å². The molecule has 1 N–H and O–H groups in total. The zero-order valence-corrected chi connectivity index (χ0v) is 11.1. The van der Waals surface area contributed by atoms with Gasteiger partial charge in [-0.05, 0) is 24.6 Å². The molecule has 0 saturated carbocycles. The van der Waals surface area contributed by atoms with Crippen molar-refractivity contribution in [1.82, 2.24) is 4.98 Å². The van der Waals surface area contributed by atoms with E-state index < -0.39 is 0 Å². The predicted octanol–water partition coefficient (Wildman–Crippen LogP) is 3.84. The minimum atomic E-state index is -0.313. The number of aryl methyl sites for hydroxylation is 1. The van der Waals surface area contributed by atoms with E-state index in [-0.39, 0.29) is 12.4 Å². The van der Waals surface area contributed by atoms with Gasteiger partial charge in [-0.25, -0.2) is 9.37 Å². The fourth-order valence-corrected chi connectivity index (χ4v) is 2.37. The lowest BCUT2D eigenvalue weighted by molar-refractivity contribution is 0.282. The summed E-state index contributed by atoms with van der Waals surface area (Å²) in [6.45, 7) is 1.74. The summed E-state index contributed by atoms with van der Waals surface area (Å²) < 4.78 is 13.9. The first kappa shape index (κ1) is 12.8. The Kier molecular flexibility index (Phi) is 3.20. The van der Waals surface area contributed by atoms with Gasteiger partial charge in [0.1, 0.15) is 5.82 Å². The highest BCUT2D eigenvalue weighted by atomic mass is 19.1. The van der Waals surface area contributed by atoms with Crippen LogP contribution in [0.1, 0.15) is 11.1 Å². The summed E-state index contributed by atoms with van der Waals surface area (Å²) in [5.41, 5.74) is 3.81. The van der Waals surface area contributed by atoms with Gasteiger partial charge in [0.05, 0.1) is 17.8 Å². The molecule has 3 rings (SSSR count). The molecule has 20 heavy (non-hydrogen) atoms. The summed E-state index contributed by atoms with van der Waals surface area (Å²) in [5, 5.41) is 9.99. The van der Waals surface area contributed by atoms with Crippen molar-refractivity contribution in [1.29, 1.82) is 0 Å². The number of halogens is 1. The quantitative estimate of drug-likeness (QED) is 0.765. The summed E-state index contributed by atoms with van der Waals surface area (Å²) in [6, 6.07) is 14.5. The van der Waals surface area contributed by atoms with Crippen molar-refractivity contribution < 1.29 is 9.50 Å². The van der Waals surface area contributed by atoms with Crippen LogP contribution in [0.3, 0.4) is 0 Å². The van der Waals surface area contributed by atoms with Gasteiger partial charge < -0.3 is 5.11 Å². The third-order valence-electron chi connectivity index (χ3n) is 3.43. The molecular weight excluding hydrogens is 253 g/mol. The zero-order valence-electron chi connectivity index (χ0n) is 11.1. The highest BCUT2D eigenvalue weighted by molar-refractivity contribution is 5.86. The summed E-state index contributed by atoms with van der Waals surface area (Å²) in [6.07, 6.45) is 0. The molecule has 0 aliphatic heterocycles. The molecule has 3 aromatic rings. The van der Waals surface area contributed by atoms with E-state index in [4.69, 9.17) is 0 Å². The fourth-order valence-electron chi connectivity index (χ4n) is 2.37. The number of pyridine rings is 1. The van der Waals surface area contributed by atoms with Gasteiger partial charge in [-0.3, -0.25) is 0 Å². The molecule has 0 spiro atoms. The Morgan fingerprint density at radius 2 is 1.85 bits per heavy atom. The number of hydrogen-bond donors (Lipinski definition) is 1. The molecule has 1 aromatic heterocycles. The van der Waals surface area contributed by atoms with Crippen LogP contribution in [0.2, 0.25) is 0 Å². The van der Waals surface area contributed by atoms with Gasteiger partial charge in [-0.15, -0.1) is 0 Å². The van der Waals surface area contributed by atoms with Crippen molar-refractivity contribution in [2.75, 3.05) is 0 Å². The molecule has 0 bridgehead atoms. The average molecular weight is 267 g/mol. The molecule has 2 aromatic carbocycles. The van der Waals surface area contributed by atoms with Gasteiger partial charge in [0.2, 0.25) is 0 Å². The second-order valence-electron chi connectivity index (χ2n) is 4.78.